The molecule has 0 atom stereocenters. The highest BCUT2D eigenvalue weighted by Crippen LogP contribution is 2.15. The Morgan fingerprint density at radius 1 is 1.40 bits per heavy atom. The van der Waals surface area contributed by atoms with Gasteiger partial charge < -0.3 is 15.5 Å². The van der Waals surface area contributed by atoms with Crippen LogP contribution in [0.25, 0.3) is 0 Å². The van der Waals surface area contributed by atoms with E-state index in [2.05, 4.69) is 15.5 Å². The molecule has 0 aromatic heterocycles. The maximum absolute atomic E-state index is 11.8. The van der Waals surface area contributed by atoms with Crippen molar-refractivity contribution in [3.8, 4) is 0 Å². The molecule has 1 aromatic rings. The summed E-state index contributed by atoms with van der Waals surface area (Å²) in [5.74, 6) is 4.86. The smallest absolute Gasteiger partial charge is 0.370 e. The van der Waals surface area contributed by atoms with Gasteiger partial charge in [-0.25, -0.2) is 0 Å². The van der Waals surface area contributed by atoms with Crippen molar-refractivity contribution >= 4 is 11.6 Å². The van der Waals surface area contributed by atoms with Crippen LogP contribution in [-0.2, 0) is 4.74 Å². The molecule has 0 heterocycles. The van der Waals surface area contributed by atoms with Crippen LogP contribution in [0.3, 0.4) is 0 Å². The minimum Gasteiger partial charge on any atom is -0.370 e. The molecule has 0 aliphatic carbocycles. The van der Waals surface area contributed by atoms with Crippen LogP contribution in [0.15, 0.2) is 18.2 Å². The number of alkyl halides is 3. The number of hydrazine groups is 1. The standard InChI is InChI=1S/C12H16F3N3O2/c1-8-6-9(18-16)2-3-10(8)11(19)17-4-5-20-7-12(13,14)15/h2-3,6,18H,4-5,7,16H2,1H3,(H,17,19). The molecule has 0 unspecified atom stereocenters. The van der Waals surface area contributed by atoms with Gasteiger partial charge in [0.2, 0.25) is 0 Å². The Hall–Kier alpha value is -1.80. The first-order chi connectivity index (χ1) is 9.33. The normalized spacial score (nSPS) is 11.2. The Kier molecular flexibility index (Phi) is 5.78. The number of rotatable bonds is 6. The molecule has 0 bridgehead atoms. The van der Waals surface area contributed by atoms with Gasteiger partial charge in [-0.15, -0.1) is 0 Å². The number of benzene rings is 1. The Bertz CT molecular complexity index is 464. The lowest BCUT2D eigenvalue weighted by Crippen LogP contribution is -2.29. The van der Waals surface area contributed by atoms with E-state index < -0.39 is 12.8 Å². The molecular formula is C12H16F3N3O2. The van der Waals surface area contributed by atoms with Gasteiger partial charge in [0, 0.05) is 17.8 Å². The second-order valence-electron chi connectivity index (χ2n) is 4.10. The summed E-state index contributed by atoms with van der Waals surface area (Å²) in [6.07, 6.45) is -4.36. The van der Waals surface area contributed by atoms with E-state index in [0.29, 0.717) is 16.8 Å². The van der Waals surface area contributed by atoms with Gasteiger partial charge >= 0.3 is 6.18 Å². The van der Waals surface area contributed by atoms with Crippen molar-refractivity contribution in [2.24, 2.45) is 5.84 Å². The van der Waals surface area contributed by atoms with E-state index in [1.165, 1.54) is 0 Å². The minimum absolute atomic E-state index is 0.00520. The van der Waals surface area contributed by atoms with Crippen LogP contribution in [-0.4, -0.2) is 31.8 Å². The average molecular weight is 291 g/mol. The van der Waals surface area contributed by atoms with Gasteiger partial charge in [-0.1, -0.05) is 0 Å². The first-order valence-corrected chi connectivity index (χ1v) is 5.83. The molecular weight excluding hydrogens is 275 g/mol. The highest BCUT2D eigenvalue weighted by atomic mass is 19.4. The van der Waals surface area contributed by atoms with E-state index in [1.807, 2.05) is 0 Å². The Morgan fingerprint density at radius 3 is 2.65 bits per heavy atom. The molecule has 8 heteroatoms. The first-order valence-electron chi connectivity index (χ1n) is 5.83. The van der Waals surface area contributed by atoms with Gasteiger partial charge in [0.15, 0.2) is 0 Å². The predicted molar refractivity (Wildman–Crippen MR) is 68.2 cm³/mol. The Labute approximate surface area is 114 Å². The predicted octanol–water partition coefficient (Wildman–Crippen LogP) is 1.59. The van der Waals surface area contributed by atoms with Crippen LogP contribution in [0.1, 0.15) is 15.9 Å². The summed E-state index contributed by atoms with van der Waals surface area (Å²) in [5.41, 5.74) is 4.24. The lowest BCUT2D eigenvalue weighted by molar-refractivity contribution is -0.173. The first kappa shape index (κ1) is 16.3. The van der Waals surface area contributed by atoms with Gasteiger partial charge in [-0.3, -0.25) is 10.6 Å². The Balaban J connectivity index is 2.40. The van der Waals surface area contributed by atoms with Crippen LogP contribution in [0.4, 0.5) is 18.9 Å². The molecule has 0 aliphatic rings. The fraction of sp³-hybridized carbons (Fsp3) is 0.417. The van der Waals surface area contributed by atoms with Crippen molar-refractivity contribution in [3.63, 3.8) is 0 Å². The zero-order chi connectivity index (χ0) is 15.2. The quantitative estimate of drug-likeness (QED) is 0.422. The number of ether oxygens (including phenoxy) is 1. The molecule has 1 amide bonds. The van der Waals surface area contributed by atoms with E-state index in [4.69, 9.17) is 5.84 Å². The van der Waals surface area contributed by atoms with Gasteiger partial charge in [-0.2, -0.15) is 13.2 Å². The fourth-order valence-corrected chi connectivity index (χ4v) is 1.53. The number of nitrogens with one attached hydrogen (secondary N) is 2. The van der Waals surface area contributed by atoms with Crippen LogP contribution >= 0.6 is 0 Å². The molecule has 0 fully saturated rings. The van der Waals surface area contributed by atoms with E-state index in [1.54, 1.807) is 25.1 Å². The van der Waals surface area contributed by atoms with Gasteiger partial charge in [0.1, 0.15) is 6.61 Å². The molecule has 0 radical (unpaired) electrons. The molecule has 0 saturated heterocycles. The second kappa shape index (κ2) is 7.11. The number of hydrogen-bond acceptors (Lipinski definition) is 4. The SMILES string of the molecule is Cc1cc(NN)ccc1C(=O)NCCOCC(F)(F)F. The maximum Gasteiger partial charge on any atom is 0.411 e. The molecule has 1 aromatic carbocycles. The molecule has 0 saturated carbocycles. The van der Waals surface area contributed by atoms with Crippen LogP contribution in [0.2, 0.25) is 0 Å². The van der Waals surface area contributed by atoms with Crippen molar-refractivity contribution in [2.75, 3.05) is 25.2 Å². The third kappa shape index (κ3) is 5.45. The highest BCUT2D eigenvalue weighted by Gasteiger charge is 2.27. The summed E-state index contributed by atoms with van der Waals surface area (Å²) in [5, 5.41) is 2.48. The van der Waals surface area contributed by atoms with Crippen LogP contribution in [0, 0.1) is 6.92 Å². The van der Waals surface area contributed by atoms with Crippen molar-refractivity contribution < 1.29 is 22.7 Å². The molecule has 112 valence electrons. The Morgan fingerprint density at radius 2 is 2.10 bits per heavy atom. The number of nitrogen functional groups attached to an aromatic ring is 1. The second-order valence-corrected chi connectivity index (χ2v) is 4.10. The number of amides is 1. The van der Waals surface area contributed by atoms with Crippen LogP contribution in [0.5, 0.6) is 0 Å². The molecule has 5 nitrogen and oxygen atoms in total. The third-order valence-corrected chi connectivity index (χ3v) is 2.44. The van der Waals surface area contributed by atoms with Crippen molar-refractivity contribution in [1.29, 1.82) is 0 Å². The highest BCUT2D eigenvalue weighted by molar-refractivity contribution is 5.96. The third-order valence-electron chi connectivity index (χ3n) is 2.44. The van der Waals surface area contributed by atoms with Crippen LogP contribution < -0.4 is 16.6 Å². The maximum atomic E-state index is 11.8. The topological polar surface area (TPSA) is 76.4 Å². The number of aryl methyl sites for hydroxylation is 1. The molecule has 0 aliphatic heterocycles. The summed E-state index contributed by atoms with van der Waals surface area (Å²) < 4.78 is 39.8. The largest absolute Gasteiger partial charge is 0.411 e. The van der Waals surface area contributed by atoms with E-state index in [-0.39, 0.29) is 19.1 Å². The number of carbonyl (C=O) groups excluding carboxylic acids is 1. The summed E-state index contributed by atoms with van der Waals surface area (Å²) >= 11 is 0. The van der Waals surface area contributed by atoms with Gasteiger partial charge in [-0.05, 0) is 30.7 Å². The summed E-state index contributed by atoms with van der Waals surface area (Å²) in [6.45, 7) is 0.215. The summed E-state index contributed by atoms with van der Waals surface area (Å²) in [4.78, 5) is 11.8. The number of halogens is 3. The number of hydrogen-bond donors (Lipinski definition) is 3. The van der Waals surface area contributed by atoms with Crippen molar-refractivity contribution in [2.45, 2.75) is 13.1 Å². The van der Waals surface area contributed by atoms with E-state index >= 15 is 0 Å². The zero-order valence-electron chi connectivity index (χ0n) is 10.9. The van der Waals surface area contributed by atoms with Crippen molar-refractivity contribution in [1.82, 2.24) is 5.32 Å². The van der Waals surface area contributed by atoms with E-state index in [9.17, 15) is 18.0 Å². The fourth-order valence-electron chi connectivity index (χ4n) is 1.53. The lowest BCUT2D eigenvalue weighted by atomic mass is 10.1. The number of carbonyl (C=O) groups is 1. The van der Waals surface area contributed by atoms with Gasteiger partial charge in [0.05, 0.1) is 6.61 Å². The van der Waals surface area contributed by atoms with Crippen molar-refractivity contribution in [3.05, 3.63) is 29.3 Å². The lowest BCUT2D eigenvalue weighted by Gasteiger charge is -2.10. The zero-order valence-corrected chi connectivity index (χ0v) is 10.9. The monoisotopic (exact) mass is 291 g/mol. The molecule has 1 rings (SSSR count). The van der Waals surface area contributed by atoms with E-state index in [0.717, 1.165) is 0 Å². The number of nitrogens with two attached hydrogens (primary N) is 1. The molecule has 20 heavy (non-hydrogen) atoms. The van der Waals surface area contributed by atoms with Gasteiger partial charge in [0.25, 0.3) is 5.91 Å². The minimum atomic E-state index is -4.36. The number of anilines is 1. The summed E-state index contributed by atoms with van der Waals surface area (Å²) in [7, 11) is 0. The molecule has 0 spiro atoms. The molecule has 4 N–H and O–H groups in total. The average Bonchev–Trinajstić information content (AvgIpc) is 2.36. The summed E-state index contributed by atoms with van der Waals surface area (Å²) in [6, 6.07) is 4.90.